The van der Waals surface area contributed by atoms with Gasteiger partial charge in [0.25, 0.3) is 0 Å². The van der Waals surface area contributed by atoms with Crippen LogP contribution in [-0.4, -0.2) is 27.6 Å². The maximum Gasteiger partial charge on any atom is 0.129 e. The first-order chi connectivity index (χ1) is 8.65. The standard InChI is InChI=1S/C13H18N2O3/c1-10-6-11(2)15(14-10)7-12(16)8-17-9-13-4-3-5-18-13/h3-6,12,16H,7-9H2,1-2H3/t12-/m0/s1. The van der Waals surface area contributed by atoms with E-state index in [0.717, 1.165) is 17.1 Å². The molecule has 2 aromatic heterocycles. The molecule has 0 saturated carbocycles. The summed E-state index contributed by atoms with van der Waals surface area (Å²) < 4.78 is 12.3. The van der Waals surface area contributed by atoms with Crippen molar-refractivity contribution in [1.29, 1.82) is 0 Å². The van der Waals surface area contributed by atoms with Crippen LogP contribution in [-0.2, 0) is 17.9 Å². The van der Waals surface area contributed by atoms with E-state index < -0.39 is 6.10 Å². The van der Waals surface area contributed by atoms with Gasteiger partial charge in [0.05, 0.1) is 31.2 Å². The zero-order valence-electron chi connectivity index (χ0n) is 10.7. The fourth-order valence-corrected chi connectivity index (χ4v) is 1.80. The minimum Gasteiger partial charge on any atom is -0.467 e. The van der Waals surface area contributed by atoms with Crippen LogP contribution in [0.3, 0.4) is 0 Å². The molecule has 5 heteroatoms. The molecular formula is C13H18N2O3. The molecule has 0 aliphatic rings. The molecule has 1 N–H and O–H groups in total. The molecule has 0 unspecified atom stereocenters. The summed E-state index contributed by atoms with van der Waals surface area (Å²) in [5.74, 6) is 0.758. The Morgan fingerprint density at radius 2 is 2.33 bits per heavy atom. The van der Waals surface area contributed by atoms with Crippen LogP contribution in [0.15, 0.2) is 28.9 Å². The number of ether oxygens (including phenoxy) is 1. The van der Waals surface area contributed by atoms with Gasteiger partial charge in [0.1, 0.15) is 12.4 Å². The molecule has 2 rings (SSSR count). The lowest BCUT2D eigenvalue weighted by Gasteiger charge is -2.12. The predicted molar refractivity (Wildman–Crippen MR) is 66.1 cm³/mol. The molecule has 5 nitrogen and oxygen atoms in total. The number of aryl methyl sites for hydroxylation is 2. The van der Waals surface area contributed by atoms with Gasteiger partial charge >= 0.3 is 0 Å². The van der Waals surface area contributed by atoms with Gasteiger partial charge in [-0.25, -0.2) is 0 Å². The van der Waals surface area contributed by atoms with Crippen molar-refractivity contribution in [3.8, 4) is 0 Å². The first-order valence-electron chi connectivity index (χ1n) is 5.94. The van der Waals surface area contributed by atoms with Crippen molar-refractivity contribution in [3.05, 3.63) is 41.6 Å². The van der Waals surface area contributed by atoms with Crippen LogP contribution in [0.4, 0.5) is 0 Å². The Morgan fingerprint density at radius 1 is 1.50 bits per heavy atom. The summed E-state index contributed by atoms with van der Waals surface area (Å²) in [5.41, 5.74) is 1.99. The third-order valence-electron chi connectivity index (χ3n) is 2.62. The molecule has 1 atom stereocenters. The fraction of sp³-hybridized carbons (Fsp3) is 0.462. The van der Waals surface area contributed by atoms with Crippen molar-refractivity contribution in [3.63, 3.8) is 0 Å². The van der Waals surface area contributed by atoms with E-state index in [2.05, 4.69) is 5.10 Å². The molecule has 98 valence electrons. The van der Waals surface area contributed by atoms with Gasteiger partial charge in [0.2, 0.25) is 0 Å². The minimum absolute atomic E-state index is 0.263. The van der Waals surface area contributed by atoms with Crippen molar-refractivity contribution in [2.75, 3.05) is 6.61 Å². The van der Waals surface area contributed by atoms with Crippen LogP contribution in [0.1, 0.15) is 17.1 Å². The Balaban J connectivity index is 1.75. The van der Waals surface area contributed by atoms with Crippen LogP contribution in [0.5, 0.6) is 0 Å². The lowest BCUT2D eigenvalue weighted by molar-refractivity contribution is 0.0128. The SMILES string of the molecule is Cc1cc(C)n(C[C@H](O)COCc2ccco2)n1. The van der Waals surface area contributed by atoms with Crippen molar-refractivity contribution < 1.29 is 14.3 Å². The Hall–Kier alpha value is -1.59. The number of nitrogens with zero attached hydrogens (tertiary/aromatic N) is 2. The molecule has 0 fully saturated rings. The Morgan fingerprint density at radius 3 is 2.94 bits per heavy atom. The number of aromatic nitrogens is 2. The highest BCUT2D eigenvalue weighted by molar-refractivity contribution is 5.06. The molecule has 0 radical (unpaired) electrons. The van der Waals surface area contributed by atoms with Gasteiger partial charge in [-0.15, -0.1) is 0 Å². The van der Waals surface area contributed by atoms with E-state index in [4.69, 9.17) is 9.15 Å². The molecule has 0 spiro atoms. The molecule has 0 aliphatic heterocycles. The van der Waals surface area contributed by atoms with Gasteiger partial charge in [0.15, 0.2) is 0 Å². The lowest BCUT2D eigenvalue weighted by Crippen LogP contribution is -2.23. The summed E-state index contributed by atoms with van der Waals surface area (Å²) >= 11 is 0. The summed E-state index contributed by atoms with van der Waals surface area (Å²) in [6.07, 6.45) is 1.03. The van der Waals surface area contributed by atoms with Crippen molar-refractivity contribution in [2.24, 2.45) is 0 Å². The molecule has 0 amide bonds. The second-order valence-electron chi connectivity index (χ2n) is 4.36. The highest BCUT2D eigenvalue weighted by Gasteiger charge is 2.09. The smallest absolute Gasteiger partial charge is 0.129 e. The summed E-state index contributed by atoms with van der Waals surface area (Å²) in [7, 11) is 0. The molecule has 0 bridgehead atoms. The second kappa shape index (κ2) is 5.84. The summed E-state index contributed by atoms with van der Waals surface area (Å²) in [4.78, 5) is 0. The first-order valence-corrected chi connectivity index (χ1v) is 5.94. The van der Waals surface area contributed by atoms with E-state index >= 15 is 0 Å². The van der Waals surface area contributed by atoms with Crippen LogP contribution in [0.25, 0.3) is 0 Å². The maximum atomic E-state index is 9.85. The molecule has 0 aliphatic carbocycles. The van der Waals surface area contributed by atoms with Gasteiger partial charge in [-0.05, 0) is 32.0 Å². The van der Waals surface area contributed by atoms with Crippen LogP contribution in [0.2, 0.25) is 0 Å². The number of hydrogen-bond donors (Lipinski definition) is 1. The van der Waals surface area contributed by atoms with E-state index in [9.17, 15) is 5.11 Å². The normalized spacial score (nSPS) is 12.8. The molecular weight excluding hydrogens is 232 g/mol. The number of aliphatic hydroxyl groups excluding tert-OH is 1. The van der Waals surface area contributed by atoms with Gasteiger partial charge < -0.3 is 14.3 Å². The van der Waals surface area contributed by atoms with Crippen molar-refractivity contribution >= 4 is 0 Å². The lowest BCUT2D eigenvalue weighted by atomic mass is 10.3. The number of aliphatic hydroxyl groups is 1. The topological polar surface area (TPSA) is 60.4 Å². The van der Waals surface area contributed by atoms with Gasteiger partial charge in [0, 0.05) is 5.69 Å². The third kappa shape index (κ3) is 3.45. The second-order valence-corrected chi connectivity index (χ2v) is 4.36. The summed E-state index contributed by atoms with van der Waals surface area (Å²) in [6.45, 7) is 4.98. The predicted octanol–water partition coefficient (Wildman–Crippen LogP) is 1.67. The largest absolute Gasteiger partial charge is 0.467 e. The number of furan rings is 1. The summed E-state index contributed by atoms with van der Waals surface area (Å²) in [6, 6.07) is 5.63. The molecule has 0 aromatic carbocycles. The zero-order valence-corrected chi connectivity index (χ0v) is 10.7. The monoisotopic (exact) mass is 250 g/mol. The van der Waals surface area contributed by atoms with Crippen molar-refractivity contribution in [1.82, 2.24) is 9.78 Å². The Labute approximate surface area is 106 Å². The van der Waals surface area contributed by atoms with Crippen LogP contribution in [0, 0.1) is 13.8 Å². The summed E-state index contributed by atoms with van der Waals surface area (Å²) in [5, 5.41) is 14.1. The zero-order chi connectivity index (χ0) is 13.0. The van der Waals surface area contributed by atoms with Gasteiger partial charge in [-0.2, -0.15) is 5.10 Å². The van der Waals surface area contributed by atoms with E-state index in [0.29, 0.717) is 13.2 Å². The van der Waals surface area contributed by atoms with E-state index in [1.807, 2.05) is 32.0 Å². The Kier molecular flexibility index (Phi) is 4.17. The molecule has 2 heterocycles. The molecule has 0 saturated heterocycles. The average molecular weight is 250 g/mol. The number of hydrogen-bond acceptors (Lipinski definition) is 4. The average Bonchev–Trinajstić information content (AvgIpc) is 2.90. The van der Waals surface area contributed by atoms with Gasteiger partial charge in [-0.1, -0.05) is 0 Å². The van der Waals surface area contributed by atoms with E-state index in [1.54, 1.807) is 10.9 Å². The highest BCUT2D eigenvalue weighted by atomic mass is 16.5. The fourth-order valence-electron chi connectivity index (χ4n) is 1.80. The quantitative estimate of drug-likeness (QED) is 0.847. The van der Waals surface area contributed by atoms with E-state index in [-0.39, 0.29) is 6.61 Å². The Bertz CT molecular complexity index is 476. The maximum absolute atomic E-state index is 9.85. The molecule has 2 aromatic rings. The van der Waals surface area contributed by atoms with Crippen LogP contribution >= 0.6 is 0 Å². The molecule has 18 heavy (non-hydrogen) atoms. The number of rotatable bonds is 6. The minimum atomic E-state index is -0.571. The third-order valence-corrected chi connectivity index (χ3v) is 2.62. The van der Waals surface area contributed by atoms with E-state index in [1.165, 1.54) is 0 Å². The van der Waals surface area contributed by atoms with Crippen molar-refractivity contribution in [2.45, 2.75) is 33.1 Å². The van der Waals surface area contributed by atoms with Gasteiger partial charge in [-0.3, -0.25) is 4.68 Å². The first kappa shape index (κ1) is 12.9. The van der Waals surface area contributed by atoms with Crippen LogP contribution < -0.4 is 0 Å². The highest BCUT2D eigenvalue weighted by Crippen LogP contribution is 2.05.